The first kappa shape index (κ1) is 9.78. The molecule has 0 aliphatic rings. The Kier molecular flexibility index (Phi) is 2.71. The Morgan fingerprint density at radius 3 is 2.54 bits per heavy atom. The number of carbonyl (C=O) groups is 1. The van der Waals surface area contributed by atoms with E-state index in [2.05, 4.69) is 0 Å². The standard InChI is InChI=1S/C11H15NO/c1-4-9-6-10(8(3)13)5-7(2)11(9)12/h5-6H,4,12H2,1-3H3. The van der Waals surface area contributed by atoms with Crippen molar-refractivity contribution in [1.29, 1.82) is 0 Å². The summed E-state index contributed by atoms with van der Waals surface area (Å²) in [5.41, 5.74) is 9.47. The first-order valence-electron chi connectivity index (χ1n) is 4.46. The molecule has 0 bridgehead atoms. The minimum Gasteiger partial charge on any atom is -0.398 e. The molecule has 2 N–H and O–H groups in total. The fourth-order valence-electron chi connectivity index (χ4n) is 1.37. The second-order valence-corrected chi connectivity index (χ2v) is 3.28. The number of aryl methyl sites for hydroxylation is 2. The third-order valence-corrected chi connectivity index (χ3v) is 2.26. The lowest BCUT2D eigenvalue weighted by atomic mass is 10.0. The molecule has 0 aliphatic carbocycles. The summed E-state index contributed by atoms with van der Waals surface area (Å²) in [7, 11) is 0. The topological polar surface area (TPSA) is 43.1 Å². The van der Waals surface area contributed by atoms with Crippen molar-refractivity contribution in [2.45, 2.75) is 27.2 Å². The van der Waals surface area contributed by atoms with Gasteiger partial charge in [-0.3, -0.25) is 4.79 Å². The molecule has 0 fully saturated rings. The summed E-state index contributed by atoms with van der Waals surface area (Å²) in [5, 5.41) is 0. The highest BCUT2D eigenvalue weighted by Crippen LogP contribution is 2.20. The highest BCUT2D eigenvalue weighted by Gasteiger charge is 2.06. The van der Waals surface area contributed by atoms with Gasteiger partial charge < -0.3 is 5.73 Å². The molecule has 0 atom stereocenters. The number of carbonyl (C=O) groups excluding carboxylic acids is 1. The van der Waals surface area contributed by atoms with Crippen LogP contribution < -0.4 is 5.73 Å². The zero-order valence-corrected chi connectivity index (χ0v) is 8.35. The summed E-state index contributed by atoms with van der Waals surface area (Å²) in [6.07, 6.45) is 0.869. The van der Waals surface area contributed by atoms with Crippen molar-refractivity contribution >= 4 is 11.5 Å². The Balaban J connectivity index is 3.30. The number of hydrogen-bond donors (Lipinski definition) is 1. The van der Waals surface area contributed by atoms with Crippen LogP contribution in [0.25, 0.3) is 0 Å². The first-order chi connectivity index (χ1) is 6.06. The predicted molar refractivity (Wildman–Crippen MR) is 55.0 cm³/mol. The Morgan fingerprint density at radius 1 is 1.46 bits per heavy atom. The molecule has 1 aromatic carbocycles. The average molecular weight is 177 g/mol. The Labute approximate surface area is 78.8 Å². The van der Waals surface area contributed by atoms with Crippen LogP contribution in [0.5, 0.6) is 0 Å². The monoisotopic (exact) mass is 177 g/mol. The van der Waals surface area contributed by atoms with Crippen LogP contribution in [-0.2, 0) is 6.42 Å². The second-order valence-electron chi connectivity index (χ2n) is 3.28. The van der Waals surface area contributed by atoms with E-state index in [1.807, 2.05) is 26.0 Å². The summed E-state index contributed by atoms with van der Waals surface area (Å²) < 4.78 is 0. The van der Waals surface area contributed by atoms with Crippen LogP contribution in [0.15, 0.2) is 12.1 Å². The number of benzene rings is 1. The van der Waals surface area contributed by atoms with Gasteiger partial charge in [-0.15, -0.1) is 0 Å². The molecule has 0 heterocycles. The first-order valence-corrected chi connectivity index (χ1v) is 4.46. The number of nitrogens with two attached hydrogens (primary N) is 1. The number of hydrogen-bond acceptors (Lipinski definition) is 2. The van der Waals surface area contributed by atoms with Gasteiger partial charge in [-0.2, -0.15) is 0 Å². The molecule has 0 saturated carbocycles. The van der Waals surface area contributed by atoms with Crippen molar-refractivity contribution in [3.63, 3.8) is 0 Å². The third-order valence-electron chi connectivity index (χ3n) is 2.26. The number of rotatable bonds is 2. The van der Waals surface area contributed by atoms with Gasteiger partial charge in [-0.05, 0) is 43.5 Å². The van der Waals surface area contributed by atoms with E-state index < -0.39 is 0 Å². The lowest BCUT2D eigenvalue weighted by molar-refractivity contribution is 0.101. The van der Waals surface area contributed by atoms with Crippen molar-refractivity contribution < 1.29 is 4.79 Å². The summed E-state index contributed by atoms with van der Waals surface area (Å²) in [6.45, 7) is 5.54. The maximum atomic E-state index is 11.1. The zero-order valence-electron chi connectivity index (χ0n) is 8.35. The van der Waals surface area contributed by atoms with Gasteiger partial charge in [0.15, 0.2) is 5.78 Å². The lowest BCUT2D eigenvalue weighted by Gasteiger charge is -2.08. The van der Waals surface area contributed by atoms with Crippen molar-refractivity contribution in [2.24, 2.45) is 0 Å². The van der Waals surface area contributed by atoms with E-state index >= 15 is 0 Å². The third kappa shape index (κ3) is 1.89. The Hall–Kier alpha value is -1.31. The van der Waals surface area contributed by atoms with Crippen LogP contribution in [0.3, 0.4) is 0 Å². The van der Waals surface area contributed by atoms with E-state index in [0.29, 0.717) is 0 Å². The molecule has 0 amide bonds. The minimum atomic E-state index is 0.0952. The SMILES string of the molecule is CCc1cc(C(C)=O)cc(C)c1N. The predicted octanol–water partition coefficient (Wildman–Crippen LogP) is 2.34. The number of anilines is 1. The van der Waals surface area contributed by atoms with Gasteiger partial charge in [-0.25, -0.2) is 0 Å². The number of ketones is 1. The van der Waals surface area contributed by atoms with Gasteiger partial charge in [0.25, 0.3) is 0 Å². The van der Waals surface area contributed by atoms with E-state index in [0.717, 1.165) is 28.8 Å². The van der Waals surface area contributed by atoms with Crippen molar-refractivity contribution in [2.75, 3.05) is 5.73 Å². The Morgan fingerprint density at radius 2 is 2.08 bits per heavy atom. The van der Waals surface area contributed by atoms with E-state index in [9.17, 15) is 4.79 Å². The quantitative estimate of drug-likeness (QED) is 0.556. The second kappa shape index (κ2) is 3.60. The molecule has 70 valence electrons. The van der Waals surface area contributed by atoms with Gasteiger partial charge in [0.1, 0.15) is 0 Å². The average Bonchev–Trinajstić information content (AvgIpc) is 2.09. The molecule has 2 nitrogen and oxygen atoms in total. The van der Waals surface area contributed by atoms with E-state index in [1.54, 1.807) is 6.92 Å². The summed E-state index contributed by atoms with van der Waals surface area (Å²) in [5.74, 6) is 0.0952. The molecule has 1 aromatic rings. The largest absolute Gasteiger partial charge is 0.398 e. The smallest absolute Gasteiger partial charge is 0.159 e. The maximum Gasteiger partial charge on any atom is 0.159 e. The fraction of sp³-hybridized carbons (Fsp3) is 0.364. The summed E-state index contributed by atoms with van der Waals surface area (Å²) in [4.78, 5) is 11.1. The molecule has 0 radical (unpaired) electrons. The van der Waals surface area contributed by atoms with Crippen LogP contribution in [-0.4, -0.2) is 5.78 Å². The van der Waals surface area contributed by atoms with Crippen LogP contribution in [0.1, 0.15) is 35.3 Å². The highest BCUT2D eigenvalue weighted by atomic mass is 16.1. The molecule has 0 spiro atoms. The van der Waals surface area contributed by atoms with Crippen molar-refractivity contribution in [3.05, 3.63) is 28.8 Å². The van der Waals surface area contributed by atoms with Crippen LogP contribution in [0, 0.1) is 6.92 Å². The lowest BCUT2D eigenvalue weighted by Crippen LogP contribution is -2.01. The minimum absolute atomic E-state index is 0.0952. The molecule has 0 aromatic heterocycles. The van der Waals surface area contributed by atoms with Gasteiger partial charge in [0.2, 0.25) is 0 Å². The van der Waals surface area contributed by atoms with Gasteiger partial charge in [0, 0.05) is 11.3 Å². The van der Waals surface area contributed by atoms with E-state index in [4.69, 9.17) is 5.73 Å². The molecule has 2 heteroatoms. The van der Waals surface area contributed by atoms with E-state index in [1.165, 1.54) is 0 Å². The van der Waals surface area contributed by atoms with Crippen LogP contribution >= 0.6 is 0 Å². The summed E-state index contributed by atoms with van der Waals surface area (Å²) >= 11 is 0. The molecule has 0 unspecified atom stereocenters. The van der Waals surface area contributed by atoms with Crippen molar-refractivity contribution in [1.82, 2.24) is 0 Å². The van der Waals surface area contributed by atoms with Gasteiger partial charge in [-0.1, -0.05) is 6.92 Å². The maximum absolute atomic E-state index is 11.1. The fourth-order valence-corrected chi connectivity index (χ4v) is 1.37. The van der Waals surface area contributed by atoms with Gasteiger partial charge >= 0.3 is 0 Å². The molecular formula is C11H15NO. The zero-order chi connectivity index (χ0) is 10.0. The summed E-state index contributed by atoms with van der Waals surface area (Å²) in [6, 6.07) is 3.72. The Bertz CT molecular complexity index is 342. The van der Waals surface area contributed by atoms with Crippen molar-refractivity contribution in [3.8, 4) is 0 Å². The molecule has 0 aliphatic heterocycles. The molecular weight excluding hydrogens is 162 g/mol. The highest BCUT2D eigenvalue weighted by molar-refractivity contribution is 5.95. The van der Waals surface area contributed by atoms with Gasteiger partial charge in [0.05, 0.1) is 0 Å². The van der Waals surface area contributed by atoms with Crippen LogP contribution in [0.4, 0.5) is 5.69 Å². The normalized spacial score (nSPS) is 10.1. The molecule has 13 heavy (non-hydrogen) atoms. The van der Waals surface area contributed by atoms with Crippen LogP contribution in [0.2, 0.25) is 0 Å². The number of Topliss-reactive ketones (excluding diaryl/α,β-unsaturated/α-hetero) is 1. The molecule has 0 saturated heterocycles. The molecule has 1 rings (SSSR count). The number of nitrogen functional groups attached to an aromatic ring is 1. The van der Waals surface area contributed by atoms with E-state index in [-0.39, 0.29) is 5.78 Å².